The fourth-order valence-corrected chi connectivity index (χ4v) is 9.93. The summed E-state index contributed by atoms with van der Waals surface area (Å²) in [5.41, 5.74) is 0.316. The number of unbranched alkanes of at least 4 members (excludes halogenated alkanes) is 34. The second-order valence-electron chi connectivity index (χ2n) is 18.2. The van der Waals surface area contributed by atoms with E-state index in [1.165, 1.54) is 211 Å². The van der Waals surface area contributed by atoms with E-state index in [1.807, 2.05) is 13.8 Å². The molecule has 7 nitrogen and oxygen atoms in total. The van der Waals surface area contributed by atoms with Crippen LogP contribution in [-0.4, -0.2) is 38.4 Å². The maximum Gasteiger partial charge on any atom is 0.361 e. The van der Waals surface area contributed by atoms with Gasteiger partial charge in [0.05, 0.1) is 42.9 Å². The van der Waals surface area contributed by atoms with Crippen LogP contribution < -0.4 is 5.30 Å². The van der Waals surface area contributed by atoms with Crippen LogP contribution in [0.5, 0.6) is 0 Å². The standard InChI is InChI=1S/C54H99O7P/c1-5-9-11-13-15-17-19-21-23-25-27-29-31-33-35-37-39-41-45-58-53(55)50-47-51(49-52(48-50)62(57,60-43-7-3)61-44-8-4)54(56)59-46-42-40-38-36-34-32-30-28-26-24-22-20-18-16-14-12-10-6-2/h47-49H,5-46H2,1-4H3. The molecule has 0 saturated heterocycles. The monoisotopic (exact) mass is 891 g/mol. The van der Waals surface area contributed by atoms with Crippen LogP contribution in [0.3, 0.4) is 0 Å². The summed E-state index contributed by atoms with van der Waals surface area (Å²) < 4.78 is 36.9. The van der Waals surface area contributed by atoms with Crippen LogP contribution in [0.4, 0.5) is 0 Å². The molecule has 0 radical (unpaired) electrons. The summed E-state index contributed by atoms with van der Waals surface area (Å²) in [5, 5.41) is 0.183. The number of hydrogen-bond acceptors (Lipinski definition) is 7. The molecule has 0 aromatic heterocycles. The number of hydrogen-bond donors (Lipinski definition) is 0. The summed E-state index contributed by atoms with van der Waals surface area (Å²) >= 11 is 0. The van der Waals surface area contributed by atoms with Crippen molar-refractivity contribution in [2.45, 2.75) is 272 Å². The van der Waals surface area contributed by atoms with E-state index < -0.39 is 19.5 Å². The second kappa shape index (κ2) is 43.2. The molecule has 0 aliphatic heterocycles. The van der Waals surface area contributed by atoms with E-state index in [4.69, 9.17) is 18.5 Å². The third-order valence-electron chi connectivity index (χ3n) is 12.1. The van der Waals surface area contributed by atoms with Gasteiger partial charge in [-0.1, -0.05) is 246 Å². The SMILES string of the molecule is CCCCCCCCCCCCCCCCCCCCOC(=O)c1cc(C(=O)OCCCCCCCCCCCCCCCCCCCC)cc(P(=O)(OCCC)OCCC)c1. The van der Waals surface area contributed by atoms with E-state index in [0.29, 0.717) is 26.1 Å². The molecule has 0 spiro atoms. The van der Waals surface area contributed by atoms with Crippen LogP contribution in [0.1, 0.15) is 292 Å². The van der Waals surface area contributed by atoms with Crippen molar-refractivity contribution in [1.29, 1.82) is 0 Å². The molecule has 0 heterocycles. The molecule has 62 heavy (non-hydrogen) atoms. The van der Waals surface area contributed by atoms with E-state index in [-0.39, 0.29) is 29.6 Å². The van der Waals surface area contributed by atoms with Gasteiger partial charge in [0.25, 0.3) is 0 Å². The third kappa shape index (κ3) is 32.9. The number of rotatable bonds is 47. The quantitative estimate of drug-likeness (QED) is 0.0366. The normalized spacial score (nSPS) is 11.7. The summed E-state index contributed by atoms with van der Waals surface area (Å²) in [7, 11) is -3.79. The average molecular weight is 891 g/mol. The summed E-state index contributed by atoms with van der Waals surface area (Å²) in [6, 6.07) is 4.49. The maximum atomic E-state index is 14.0. The summed E-state index contributed by atoms with van der Waals surface area (Å²) in [4.78, 5) is 26.6. The number of esters is 2. The summed E-state index contributed by atoms with van der Waals surface area (Å²) in [5.74, 6) is -1.09. The molecule has 0 saturated carbocycles. The molecule has 0 unspecified atom stereocenters. The van der Waals surface area contributed by atoms with Crippen molar-refractivity contribution in [2.75, 3.05) is 26.4 Å². The molecule has 1 aromatic rings. The lowest BCUT2D eigenvalue weighted by molar-refractivity contribution is 0.0496. The van der Waals surface area contributed by atoms with Gasteiger partial charge >= 0.3 is 19.5 Å². The Morgan fingerprint density at radius 3 is 0.823 bits per heavy atom. The fourth-order valence-electron chi connectivity index (χ4n) is 8.12. The van der Waals surface area contributed by atoms with Crippen molar-refractivity contribution < 1.29 is 32.7 Å². The third-order valence-corrected chi connectivity index (χ3v) is 14.0. The Kier molecular flexibility index (Phi) is 40.7. The molecule has 0 bridgehead atoms. The van der Waals surface area contributed by atoms with Gasteiger partial charge in [-0.2, -0.15) is 0 Å². The first-order chi connectivity index (χ1) is 30.4. The predicted octanol–water partition coefficient (Wildman–Crippen LogP) is 17.8. The molecule has 8 heteroatoms. The molecule has 0 amide bonds. The van der Waals surface area contributed by atoms with Crippen molar-refractivity contribution in [3.8, 4) is 0 Å². The molecule has 362 valence electrons. The van der Waals surface area contributed by atoms with Crippen molar-refractivity contribution >= 4 is 24.8 Å². The second-order valence-corrected chi connectivity index (χ2v) is 20.3. The highest BCUT2D eigenvalue weighted by molar-refractivity contribution is 7.62. The van der Waals surface area contributed by atoms with Gasteiger partial charge in [-0.15, -0.1) is 0 Å². The number of carbonyl (C=O) groups is 2. The highest BCUT2D eigenvalue weighted by atomic mass is 31.2. The molecule has 0 N–H and O–H groups in total. The predicted molar refractivity (Wildman–Crippen MR) is 264 cm³/mol. The fraction of sp³-hybridized carbons (Fsp3) is 0.852. The van der Waals surface area contributed by atoms with Gasteiger partial charge in [0, 0.05) is 0 Å². The van der Waals surface area contributed by atoms with Crippen LogP contribution in [0.2, 0.25) is 0 Å². The Balaban J connectivity index is 2.40. The molecule has 1 rings (SSSR count). The highest BCUT2D eigenvalue weighted by Gasteiger charge is 2.30. The van der Waals surface area contributed by atoms with Crippen molar-refractivity contribution in [3.05, 3.63) is 29.3 Å². The van der Waals surface area contributed by atoms with Crippen molar-refractivity contribution in [3.63, 3.8) is 0 Å². The molecule has 0 aliphatic rings. The maximum absolute atomic E-state index is 14.0. The Hall–Kier alpha value is -1.69. The van der Waals surface area contributed by atoms with Gasteiger partial charge in [-0.25, -0.2) is 9.59 Å². The summed E-state index contributed by atoms with van der Waals surface area (Å²) in [6.07, 6.45) is 48.1. The molecule has 1 aromatic carbocycles. The average Bonchev–Trinajstić information content (AvgIpc) is 3.28. The van der Waals surface area contributed by atoms with Gasteiger partial charge in [0.15, 0.2) is 0 Å². The number of benzene rings is 1. The minimum atomic E-state index is -3.79. The Labute approximate surface area is 383 Å². The lowest BCUT2D eigenvalue weighted by atomic mass is 10.0. The minimum absolute atomic E-state index is 0.158. The van der Waals surface area contributed by atoms with Crippen molar-refractivity contribution in [1.82, 2.24) is 0 Å². The Morgan fingerprint density at radius 2 is 0.581 bits per heavy atom. The van der Waals surface area contributed by atoms with E-state index in [9.17, 15) is 14.2 Å². The molecular weight excluding hydrogens is 792 g/mol. The van der Waals surface area contributed by atoms with Gasteiger partial charge in [0.2, 0.25) is 0 Å². The molecular formula is C54H99O7P. The van der Waals surface area contributed by atoms with Gasteiger partial charge in [0.1, 0.15) is 0 Å². The topological polar surface area (TPSA) is 88.1 Å². The first-order valence-corrected chi connectivity index (χ1v) is 28.3. The molecule has 0 fully saturated rings. The van der Waals surface area contributed by atoms with E-state index in [2.05, 4.69) is 13.8 Å². The highest BCUT2D eigenvalue weighted by Crippen LogP contribution is 2.47. The zero-order chi connectivity index (χ0) is 45.0. The molecule has 0 aliphatic carbocycles. The smallest absolute Gasteiger partial charge is 0.361 e. The van der Waals surface area contributed by atoms with E-state index in [0.717, 1.165) is 38.5 Å². The number of ether oxygens (including phenoxy) is 2. The zero-order valence-electron chi connectivity index (χ0n) is 41.2. The van der Waals surface area contributed by atoms with Gasteiger partial charge in [-0.05, 0) is 43.9 Å². The van der Waals surface area contributed by atoms with Crippen LogP contribution in [0.15, 0.2) is 18.2 Å². The van der Waals surface area contributed by atoms with E-state index in [1.54, 1.807) is 0 Å². The first kappa shape index (κ1) is 58.3. The van der Waals surface area contributed by atoms with Crippen LogP contribution in [0, 0.1) is 0 Å². The zero-order valence-corrected chi connectivity index (χ0v) is 42.1. The van der Waals surface area contributed by atoms with E-state index >= 15 is 0 Å². The molecule has 0 atom stereocenters. The van der Waals surface area contributed by atoms with Crippen LogP contribution in [0.25, 0.3) is 0 Å². The first-order valence-electron chi connectivity index (χ1n) is 26.8. The number of carbonyl (C=O) groups excluding carboxylic acids is 2. The summed E-state index contributed by atoms with van der Waals surface area (Å²) in [6.45, 7) is 9.49. The Bertz CT molecular complexity index is 1130. The lowest BCUT2D eigenvalue weighted by Crippen LogP contribution is -2.18. The van der Waals surface area contributed by atoms with Gasteiger partial charge in [-0.3, -0.25) is 4.57 Å². The van der Waals surface area contributed by atoms with Crippen LogP contribution >= 0.6 is 7.60 Å². The van der Waals surface area contributed by atoms with Crippen LogP contribution in [-0.2, 0) is 23.1 Å². The van der Waals surface area contributed by atoms with Crippen molar-refractivity contribution in [2.24, 2.45) is 0 Å². The lowest BCUT2D eigenvalue weighted by Gasteiger charge is -2.19. The largest absolute Gasteiger partial charge is 0.462 e. The minimum Gasteiger partial charge on any atom is -0.462 e. The Morgan fingerprint density at radius 1 is 0.339 bits per heavy atom. The van der Waals surface area contributed by atoms with Gasteiger partial charge < -0.3 is 18.5 Å².